The number of benzene rings is 4. The Hall–Kier alpha value is -9.42. The van der Waals surface area contributed by atoms with Gasteiger partial charge in [0, 0.05) is 111 Å². The van der Waals surface area contributed by atoms with Crippen LogP contribution in [-0.2, 0) is 87.3 Å². The molecule has 118 heavy (non-hydrogen) atoms. The third-order valence-electron chi connectivity index (χ3n) is 21.7. The average Bonchev–Trinajstić information content (AvgIpc) is 1.48. The number of carbonyl (C=O) groups is 8. The second-order valence-corrected chi connectivity index (χ2v) is 33.8. The molecular weight excluding hydrogens is 1780 g/mol. The van der Waals surface area contributed by atoms with E-state index in [9.17, 15) is 64.3 Å². The van der Waals surface area contributed by atoms with E-state index in [1.54, 1.807) is 0 Å². The van der Waals surface area contributed by atoms with Gasteiger partial charge >= 0.3 is 23.7 Å². The van der Waals surface area contributed by atoms with Crippen molar-refractivity contribution in [2.45, 2.75) is 176 Å². The SMILES string of the molecule is CCCN1C(=CC=C2C=C(C=Cc3oc4ccccc4[n+]3CC)CC(C(=O)NCCCCCC(=O)O)(C(=O)NCCS(=O)(=O)O)C2)C(C)(C)c2ccccc21.CCN1/C(=C/C=C2C=C(/C=C/c3oc4ccccc4[n+]3CC)CC(C(=O)NCCCCCC(=O)ON3C(=O)CCC3=O)(C(=O)NCCS(=O)(=O)O)C/2)C(C)(C)c2ccccc21.[I-].[I-]. The molecule has 6 aromatic rings. The van der Waals surface area contributed by atoms with Crippen molar-refractivity contribution in [1.29, 1.82) is 0 Å². The van der Waals surface area contributed by atoms with Crippen molar-refractivity contribution in [3.8, 4) is 0 Å². The van der Waals surface area contributed by atoms with Gasteiger partial charge in [-0.25, -0.2) is 4.79 Å². The normalized spacial score (nSPS) is 19.6. The number of hydrogen-bond acceptors (Lipinski definition) is 17. The van der Waals surface area contributed by atoms with E-state index in [4.69, 9.17) is 18.8 Å². The van der Waals surface area contributed by atoms with Gasteiger partial charge in [0.05, 0.1) is 23.7 Å². The number of aliphatic carboxylic acids is 1. The molecular formula is C87H107I2N9O18S2. The van der Waals surface area contributed by atoms with Crippen molar-refractivity contribution >= 4 is 113 Å². The number of rotatable bonds is 34. The summed E-state index contributed by atoms with van der Waals surface area (Å²) in [5.74, 6) is -5.45. The van der Waals surface area contributed by atoms with Crippen molar-refractivity contribution in [3.63, 3.8) is 0 Å². The van der Waals surface area contributed by atoms with E-state index in [1.165, 1.54) is 11.1 Å². The van der Waals surface area contributed by atoms with Gasteiger partial charge in [-0.3, -0.25) is 42.7 Å². The fraction of sp³-hybridized carbons (Fsp3) is 0.425. The number of carbonyl (C=O) groups excluding carboxylic acids is 7. The number of oxazole rings is 2. The molecule has 4 aromatic carbocycles. The van der Waals surface area contributed by atoms with E-state index < -0.39 is 96.5 Å². The summed E-state index contributed by atoms with van der Waals surface area (Å²) < 4.78 is 81.7. The highest BCUT2D eigenvalue weighted by atomic mass is 127. The standard InChI is InChI=1S/C45H53N5O10S.C42H52N4O8S.2HI/c1-5-48-34-15-10-9-14-33(34)44(3,4)37(48)21-19-31-28-32(20-24-40-49(6-2)35-16-11-12-17-36(35)59-40)30-45(29-31,43(55)47-26-27-61(56,57)58)42(54)46-25-13-7-8-18-41(53)60-50-38(51)22-23-39(50)52;1-5-25-46-33-15-10-9-14-32(33)41(3,4)36(46)21-19-30-27-31(20-22-37-45(6-2)34-16-11-12-17-35(34)54-37)29-42(28-30,40(50)44-24-26-55(51,52)53)39(49)43-23-13-7-8-18-38(47)48;;/h9-12,14-17,19-21,24,28H,5-8,13,18,22-23,25-27,29-30H2,1-4H3,(H2-,46,47,54,55,56,57,58);9-12,14-17,19-22,27H,5-8,13,18,23-26,28-29H2,1-4H3,(H3-,43,44,47,48,49,50,51,52,53);2*1H. The summed E-state index contributed by atoms with van der Waals surface area (Å²) in [7, 11) is -8.79. The number of nitrogens with one attached hydrogen (secondary N) is 4. The number of likely N-dealkylation sites (N-methyl/N-ethyl adjacent to an activating group) is 1. The number of imide groups is 1. The molecule has 0 spiro atoms. The Morgan fingerprint density at radius 1 is 0.508 bits per heavy atom. The molecule has 11 rings (SSSR count). The van der Waals surface area contributed by atoms with Crippen LogP contribution in [0.2, 0.25) is 0 Å². The number of allylic oxidation sites excluding steroid dienone is 14. The molecule has 0 bridgehead atoms. The zero-order chi connectivity index (χ0) is 83.8. The van der Waals surface area contributed by atoms with Gasteiger partial charge in [-0.15, -0.1) is 5.06 Å². The van der Waals surface area contributed by atoms with Crippen molar-refractivity contribution in [3.05, 3.63) is 202 Å². The lowest BCUT2D eigenvalue weighted by Gasteiger charge is -2.35. The van der Waals surface area contributed by atoms with E-state index in [1.807, 2.05) is 150 Å². The van der Waals surface area contributed by atoms with Gasteiger partial charge < -0.3 is 97.8 Å². The fourth-order valence-corrected chi connectivity index (χ4v) is 16.6. The van der Waals surface area contributed by atoms with Crippen LogP contribution in [0.5, 0.6) is 0 Å². The molecule has 0 radical (unpaired) electrons. The van der Waals surface area contributed by atoms with Crippen molar-refractivity contribution in [2.75, 3.05) is 60.6 Å². The van der Waals surface area contributed by atoms with E-state index in [0.29, 0.717) is 90.8 Å². The zero-order valence-corrected chi connectivity index (χ0v) is 73.9. The summed E-state index contributed by atoms with van der Waals surface area (Å²) >= 11 is 0. The van der Waals surface area contributed by atoms with E-state index in [0.717, 1.165) is 64.5 Å². The molecule has 1 fully saturated rings. The molecule has 2 aliphatic carbocycles. The maximum absolute atomic E-state index is 14.5. The summed E-state index contributed by atoms with van der Waals surface area (Å²) in [6.07, 6.45) is 23.0. The lowest BCUT2D eigenvalue weighted by molar-refractivity contribution is -0.674. The molecule has 5 heterocycles. The Morgan fingerprint density at radius 2 is 0.907 bits per heavy atom. The van der Waals surface area contributed by atoms with Crippen LogP contribution in [0, 0.1) is 10.8 Å². The van der Waals surface area contributed by atoms with Crippen LogP contribution in [0.3, 0.4) is 0 Å². The maximum Gasteiger partial charge on any atom is 0.374 e. The minimum atomic E-state index is -4.41. The van der Waals surface area contributed by atoms with Crippen molar-refractivity contribution in [1.82, 2.24) is 26.3 Å². The highest BCUT2D eigenvalue weighted by Crippen LogP contribution is 2.50. The van der Waals surface area contributed by atoms with Crippen LogP contribution in [0.15, 0.2) is 188 Å². The van der Waals surface area contributed by atoms with Gasteiger partial charge in [0.25, 0.3) is 43.1 Å². The predicted octanol–water partition coefficient (Wildman–Crippen LogP) is 5.63. The molecule has 3 aliphatic heterocycles. The molecule has 0 saturated carbocycles. The monoisotopic (exact) mass is 1880 g/mol. The Balaban J connectivity index is 0.000000291. The second kappa shape index (κ2) is 41.5. The minimum Gasteiger partial charge on any atom is -1.00 e. The van der Waals surface area contributed by atoms with Crippen molar-refractivity contribution in [2.24, 2.45) is 10.8 Å². The Labute approximate surface area is 723 Å². The second-order valence-electron chi connectivity index (χ2n) is 30.7. The molecule has 31 heteroatoms. The van der Waals surface area contributed by atoms with E-state index in [-0.39, 0.29) is 130 Å². The van der Waals surface area contributed by atoms with Crippen LogP contribution in [-0.4, -0.2) is 134 Å². The quantitative estimate of drug-likeness (QED) is 0.00643. The van der Waals surface area contributed by atoms with Crippen LogP contribution < -0.4 is 88.2 Å². The topological polar surface area (TPSA) is 367 Å². The minimum absolute atomic E-state index is 0. The highest BCUT2D eigenvalue weighted by Gasteiger charge is 2.50. The number of hydroxylamine groups is 2. The number of unbranched alkanes of at least 4 members (excludes halogenated alkanes) is 4. The molecule has 5 aliphatic rings. The van der Waals surface area contributed by atoms with Crippen LogP contribution >= 0.6 is 0 Å². The first-order valence-electron chi connectivity index (χ1n) is 39.8. The number of nitrogens with zero attached hydrogens (tertiary/aromatic N) is 5. The van der Waals surface area contributed by atoms with Crippen LogP contribution in [0.25, 0.3) is 34.4 Å². The number of hydrogen-bond donors (Lipinski definition) is 7. The number of amides is 6. The summed E-state index contributed by atoms with van der Waals surface area (Å²) in [5, 5.41) is 20.6. The number of fused-ring (bicyclic) bond motifs is 4. The lowest BCUT2D eigenvalue weighted by Crippen LogP contribution is -3.00. The van der Waals surface area contributed by atoms with Gasteiger partial charge in [-0.2, -0.15) is 26.0 Å². The molecule has 2 unspecified atom stereocenters. The maximum atomic E-state index is 14.5. The smallest absolute Gasteiger partial charge is 0.374 e. The number of halogens is 2. The number of aromatic nitrogens is 2. The third kappa shape index (κ3) is 22.7. The third-order valence-corrected chi connectivity index (χ3v) is 23.2. The van der Waals surface area contributed by atoms with Crippen molar-refractivity contribution < 1.29 is 140 Å². The highest BCUT2D eigenvalue weighted by molar-refractivity contribution is 7.86. The molecule has 2 atom stereocenters. The Bertz CT molecular complexity index is 5230. The average molecular weight is 1880 g/mol. The molecule has 27 nitrogen and oxygen atoms in total. The van der Waals surface area contributed by atoms with E-state index >= 15 is 0 Å². The Kier molecular flexibility index (Phi) is 33.1. The molecule has 7 N–H and O–H groups in total. The summed E-state index contributed by atoms with van der Waals surface area (Å²) in [4.78, 5) is 114. The first-order valence-corrected chi connectivity index (χ1v) is 43.0. The number of anilines is 2. The summed E-state index contributed by atoms with van der Waals surface area (Å²) in [6, 6.07) is 32.0. The summed E-state index contributed by atoms with van der Waals surface area (Å²) in [6.45, 7) is 19.3. The summed E-state index contributed by atoms with van der Waals surface area (Å²) in [5.41, 5.74) is 8.70. The predicted molar refractivity (Wildman–Crippen MR) is 440 cm³/mol. The lowest BCUT2D eigenvalue weighted by atomic mass is 9.70. The fourth-order valence-electron chi connectivity index (χ4n) is 15.9. The van der Waals surface area contributed by atoms with E-state index in [2.05, 4.69) is 103 Å². The number of para-hydroxylation sites is 6. The Morgan fingerprint density at radius 3 is 1.32 bits per heavy atom. The van der Waals surface area contributed by atoms with Gasteiger partial charge in [-0.05, 0) is 161 Å². The first-order chi connectivity index (χ1) is 55.3. The molecule has 6 amide bonds. The molecule has 1 saturated heterocycles. The van der Waals surface area contributed by atoms with Gasteiger partial charge in [0.2, 0.25) is 34.8 Å². The van der Waals surface area contributed by atoms with Crippen LogP contribution in [0.1, 0.15) is 175 Å². The van der Waals surface area contributed by atoms with Gasteiger partial charge in [0.15, 0.2) is 0 Å². The zero-order valence-electron chi connectivity index (χ0n) is 68.0. The largest absolute Gasteiger partial charge is 1.00 e. The number of carboxylic acids is 1. The first kappa shape index (κ1) is 94.1. The molecule has 2 aromatic heterocycles. The van der Waals surface area contributed by atoms with Gasteiger partial charge in [-0.1, -0.05) is 132 Å². The molecule has 634 valence electrons. The van der Waals surface area contributed by atoms with Gasteiger partial charge in [0.1, 0.15) is 23.9 Å². The number of carboxylic acid groups (broad SMARTS) is 1. The van der Waals surface area contributed by atoms with Crippen LogP contribution in [0.4, 0.5) is 11.4 Å². The number of aryl methyl sites for hydroxylation is 2.